The van der Waals surface area contributed by atoms with Gasteiger partial charge in [-0.1, -0.05) is 26.7 Å². The Morgan fingerprint density at radius 3 is 2.50 bits per heavy atom. The number of benzene rings is 1. The van der Waals surface area contributed by atoms with Crippen molar-refractivity contribution in [3.63, 3.8) is 0 Å². The van der Waals surface area contributed by atoms with Crippen molar-refractivity contribution in [2.45, 2.75) is 44.0 Å². The molecule has 1 N–H and O–H groups in total. The second kappa shape index (κ2) is 5.77. The summed E-state index contributed by atoms with van der Waals surface area (Å²) in [5.41, 5.74) is 0. The summed E-state index contributed by atoms with van der Waals surface area (Å²) in [6.07, 6.45) is 2.83. The monoisotopic (exact) mass is 303 g/mol. The van der Waals surface area contributed by atoms with E-state index in [1.54, 1.807) is 0 Å². The van der Waals surface area contributed by atoms with Crippen molar-refractivity contribution in [2.75, 3.05) is 0 Å². The summed E-state index contributed by atoms with van der Waals surface area (Å²) >= 11 is 0. The van der Waals surface area contributed by atoms with Crippen LogP contribution in [-0.2, 0) is 10.0 Å². The van der Waals surface area contributed by atoms with Gasteiger partial charge in [-0.15, -0.1) is 0 Å². The first-order valence-corrected chi connectivity index (χ1v) is 8.27. The molecule has 1 fully saturated rings. The lowest BCUT2D eigenvalue weighted by Crippen LogP contribution is -2.43. The predicted molar refractivity (Wildman–Crippen MR) is 72.6 cm³/mol. The summed E-state index contributed by atoms with van der Waals surface area (Å²) in [7, 11) is -3.81. The summed E-state index contributed by atoms with van der Waals surface area (Å²) in [6.45, 7) is 4.12. The molecule has 0 aromatic heterocycles. The standard InChI is InChI=1S/C14H19F2NO2S/c1-9-4-3-5-14(10(9)2)17-20(18,19)11-6-7-12(15)13(16)8-11/h6-10,14,17H,3-5H2,1-2H3/t9-,10+,14-/m0/s1. The first-order chi connectivity index (χ1) is 9.31. The van der Waals surface area contributed by atoms with E-state index in [0.29, 0.717) is 12.0 Å². The van der Waals surface area contributed by atoms with Crippen LogP contribution < -0.4 is 4.72 Å². The molecule has 1 aliphatic carbocycles. The molecule has 0 saturated heterocycles. The lowest BCUT2D eigenvalue weighted by atomic mass is 9.78. The molecule has 0 amide bonds. The maximum Gasteiger partial charge on any atom is 0.240 e. The molecule has 0 unspecified atom stereocenters. The molecule has 0 spiro atoms. The zero-order chi connectivity index (χ0) is 14.9. The zero-order valence-electron chi connectivity index (χ0n) is 11.6. The summed E-state index contributed by atoms with van der Waals surface area (Å²) in [5, 5.41) is 0. The van der Waals surface area contributed by atoms with Crippen LogP contribution in [0.4, 0.5) is 8.78 Å². The van der Waals surface area contributed by atoms with Gasteiger partial charge in [0.1, 0.15) is 0 Å². The van der Waals surface area contributed by atoms with Crippen molar-refractivity contribution < 1.29 is 17.2 Å². The minimum atomic E-state index is -3.81. The quantitative estimate of drug-likeness (QED) is 0.933. The fraction of sp³-hybridized carbons (Fsp3) is 0.571. The summed E-state index contributed by atoms with van der Waals surface area (Å²) in [6, 6.07) is 2.47. The Hall–Kier alpha value is -1.01. The van der Waals surface area contributed by atoms with Crippen LogP contribution in [-0.4, -0.2) is 14.5 Å². The van der Waals surface area contributed by atoms with Crippen LogP contribution in [0.3, 0.4) is 0 Å². The molecule has 112 valence electrons. The Bertz CT molecular complexity index is 589. The smallest absolute Gasteiger partial charge is 0.208 e. The SMILES string of the molecule is C[C@H]1[C@@H](NS(=O)(=O)c2ccc(F)c(F)c2)CCC[C@@H]1C. The molecule has 3 nitrogen and oxygen atoms in total. The van der Waals surface area contributed by atoms with Crippen LogP contribution in [0.2, 0.25) is 0 Å². The third-order valence-electron chi connectivity index (χ3n) is 4.21. The summed E-state index contributed by atoms with van der Waals surface area (Å²) in [5.74, 6) is -1.54. The second-order valence-electron chi connectivity index (χ2n) is 5.57. The first-order valence-electron chi connectivity index (χ1n) is 6.78. The normalized spacial score (nSPS) is 27.5. The first kappa shape index (κ1) is 15.4. The number of rotatable bonds is 3. The van der Waals surface area contributed by atoms with Gasteiger partial charge in [-0.25, -0.2) is 21.9 Å². The van der Waals surface area contributed by atoms with Gasteiger partial charge in [0.05, 0.1) is 4.90 Å². The van der Waals surface area contributed by atoms with Crippen LogP contribution in [0.25, 0.3) is 0 Å². The average Bonchev–Trinajstić information content (AvgIpc) is 2.38. The van der Waals surface area contributed by atoms with E-state index in [1.807, 2.05) is 6.92 Å². The van der Waals surface area contributed by atoms with E-state index in [9.17, 15) is 17.2 Å². The van der Waals surface area contributed by atoms with E-state index in [0.717, 1.165) is 31.4 Å². The number of hydrogen-bond donors (Lipinski definition) is 1. The maximum atomic E-state index is 13.2. The molecule has 1 aromatic rings. The third kappa shape index (κ3) is 3.17. The number of halogens is 2. The molecule has 1 aromatic carbocycles. The number of nitrogens with one attached hydrogen (secondary N) is 1. The lowest BCUT2D eigenvalue weighted by molar-refractivity contribution is 0.227. The average molecular weight is 303 g/mol. The Morgan fingerprint density at radius 2 is 1.85 bits per heavy atom. The number of hydrogen-bond acceptors (Lipinski definition) is 2. The molecule has 0 radical (unpaired) electrons. The predicted octanol–water partition coefficient (Wildman–Crippen LogP) is 3.07. The van der Waals surface area contributed by atoms with E-state index >= 15 is 0 Å². The van der Waals surface area contributed by atoms with Crippen LogP contribution in [0, 0.1) is 23.5 Å². The van der Waals surface area contributed by atoms with Gasteiger partial charge in [0.15, 0.2) is 11.6 Å². The summed E-state index contributed by atoms with van der Waals surface area (Å²) in [4.78, 5) is -0.234. The topological polar surface area (TPSA) is 46.2 Å². The van der Waals surface area contributed by atoms with Crippen molar-refractivity contribution in [1.29, 1.82) is 0 Å². The minimum absolute atomic E-state index is 0.156. The maximum absolute atomic E-state index is 13.2. The van der Waals surface area contributed by atoms with E-state index < -0.39 is 21.7 Å². The molecule has 3 atom stereocenters. The van der Waals surface area contributed by atoms with Crippen LogP contribution >= 0.6 is 0 Å². The highest BCUT2D eigenvalue weighted by Gasteiger charge is 2.30. The van der Waals surface area contributed by atoms with E-state index in [1.165, 1.54) is 0 Å². The molecule has 0 heterocycles. The fourth-order valence-corrected chi connectivity index (χ4v) is 4.03. The van der Waals surface area contributed by atoms with Crippen LogP contribution in [0.5, 0.6) is 0 Å². The minimum Gasteiger partial charge on any atom is -0.208 e. The summed E-state index contributed by atoms with van der Waals surface area (Å²) < 4.78 is 53.1. The Balaban J connectivity index is 2.20. The largest absolute Gasteiger partial charge is 0.240 e. The van der Waals surface area contributed by atoms with Crippen molar-refractivity contribution in [3.05, 3.63) is 29.8 Å². The van der Waals surface area contributed by atoms with Gasteiger partial charge in [-0.3, -0.25) is 0 Å². The Morgan fingerprint density at radius 1 is 1.15 bits per heavy atom. The molecule has 0 aliphatic heterocycles. The Labute approximate surface area is 118 Å². The highest BCUT2D eigenvalue weighted by atomic mass is 32.2. The molecular formula is C14H19F2NO2S. The van der Waals surface area contributed by atoms with E-state index in [-0.39, 0.29) is 16.9 Å². The van der Waals surface area contributed by atoms with Gasteiger partial charge < -0.3 is 0 Å². The van der Waals surface area contributed by atoms with Crippen LogP contribution in [0.15, 0.2) is 23.1 Å². The zero-order valence-corrected chi connectivity index (χ0v) is 12.4. The van der Waals surface area contributed by atoms with Gasteiger partial charge in [-0.2, -0.15) is 0 Å². The highest BCUT2D eigenvalue weighted by Crippen LogP contribution is 2.30. The van der Waals surface area contributed by atoms with Gasteiger partial charge in [0.25, 0.3) is 0 Å². The van der Waals surface area contributed by atoms with Gasteiger partial charge in [0.2, 0.25) is 10.0 Å². The van der Waals surface area contributed by atoms with Crippen molar-refractivity contribution in [3.8, 4) is 0 Å². The second-order valence-corrected chi connectivity index (χ2v) is 7.28. The fourth-order valence-electron chi connectivity index (χ4n) is 2.66. The van der Waals surface area contributed by atoms with E-state index in [2.05, 4.69) is 11.6 Å². The molecule has 20 heavy (non-hydrogen) atoms. The third-order valence-corrected chi connectivity index (χ3v) is 5.70. The van der Waals surface area contributed by atoms with Gasteiger partial charge >= 0.3 is 0 Å². The molecule has 1 saturated carbocycles. The molecule has 6 heteroatoms. The molecule has 1 aliphatic rings. The van der Waals surface area contributed by atoms with Gasteiger partial charge in [-0.05, 0) is 36.5 Å². The van der Waals surface area contributed by atoms with Crippen molar-refractivity contribution in [2.24, 2.45) is 11.8 Å². The molecule has 2 rings (SSSR count). The molecular weight excluding hydrogens is 284 g/mol. The van der Waals surface area contributed by atoms with E-state index in [4.69, 9.17) is 0 Å². The highest BCUT2D eigenvalue weighted by molar-refractivity contribution is 7.89. The van der Waals surface area contributed by atoms with Crippen molar-refractivity contribution >= 4 is 10.0 Å². The van der Waals surface area contributed by atoms with Crippen LogP contribution in [0.1, 0.15) is 33.1 Å². The lowest BCUT2D eigenvalue weighted by Gasteiger charge is -2.34. The van der Waals surface area contributed by atoms with Crippen molar-refractivity contribution in [1.82, 2.24) is 4.72 Å². The Kier molecular flexibility index (Phi) is 4.44. The molecule has 0 bridgehead atoms. The number of sulfonamides is 1. The van der Waals surface area contributed by atoms with Gasteiger partial charge in [0, 0.05) is 6.04 Å².